The van der Waals surface area contributed by atoms with Crippen molar-refractivity contribution in [2.45, 2.75) is 65.6 Å². The first-order valence-electron chi connectivity index (χ1n) is 7.20. The van der Waals surface area contributed by atoms with Crippen LogP contribution in [0, 0.1) is 5.92 Å². The summed E-state index contributed by atoms with van der Waals surface area (Å²) in [6, 6.07) is -1.32. The number of carbonyl (C=O) groups is 2. The van der Waals surface area contributed by atoms with E-state index in [0.29, 0.717) is 19.3 Å². The fraction of sp³-hybridized carbons (Fsp3) is 0.857. The van der Waals surface area contributed by atoms with Gasteiger partial charge in [-0.2, -0.15) is 13.2 Å². The molecule has 0 N–H and O–H groups in total. The predicted molar refractivity (Wildman–Crippen MR) is 71.2 cm³/mol. The van der Waals surface area contributed by atoms with E-state index in [1.807, 2.05) is 13.8 Å². The van der Waals surface area contributed by atoms with Crippen molar-refractivity contribution in [1.29, 1.82) is 0 Å². The Bertz CT molecular complexity index is 329. The molecule has 20 heavy (non-hydrogen) atoms. The van der Waals surface area contributed by atoms with Crippen LogP contribution < -0.4 is 0 Å². The van der Waals surface area contributed by atoms with E-state index >= 15 is 0 Å². The molecule has 0 aliphatic carbocycles. The van der Waals surface area contributed by atoms with Gasteiger partial charge in [-0.15, -0.1) is 0 Å². The number of alkyl halides is 3. The summed E-state index contributed by atoms with van der Waals surface area (Å²) in [7, 11) is 0. The first-order chi connectivity index (χ1) is 9.29. The molecule has 0 saturated carbocycles. The number of hydrogen-bond donors (Lipinski definition) is 0. The lowest BCUT2D eigenvalue weighted by atomic mass is 9.95. The minimum atomic E-state index is -4.87. The fourth-order valence-corrected chi connectivity index (χ4v) is 2.11. The van der Waals surface area contributed by atoms with Gasteiger partial charge in [-0.1, -0.05) is 27.7 Å². The molecule has 0 aromatic carbocycles. The van der Waals surface area contributed by atoms with Crippen molar-refractivity contribution in [2.24, 2.45) is 5.92 Å². The Morgan fingerprint density at radius 1 is 1.25 bits per heavy atom. The highest BCUT2D eigenvalue weighted by atomic mass is 19.4. The van der Waals surface area contributed by atoms with Gasteiger partial charge in [0, 0.05) is 12.5 Å². The van der Waals surface area contributed by atoms with Gasteiger partial charge in [0.25, 0.3) is 5.78 Å². The van der Waals surface area contributed by atoms with Crippen LogP contribution in [-0.4, -0.2) is 35.4 Å². The van der Waals surface area contributed by atoms with Crippen molar-refractivity contribution in [3.8, 4) is 0 Å². The molecule has 1 rings (SSSR count). The van der Waals surface area contributed by atoms with E-state index < -0.39 is 18.0 Å². The predicted octanol–water partition coefficient (Wildman–Crippen LogP) is 3.57. The first-order valence-corrected chi connectivity index (χ1v) is 7.20. The molecular formula is C14H24F3NO2. The van der Waals surface area contributed by atoms with Gasteiger partial charge in [0.05, 0.1) is 6.04 Å². The topological polar surface area (TPSA) is 37.4 Å². The Kier molecular flexibility index (Phi) is 7.83. The third kappa shape index (κ3) is 4.80. The molecule has 1 heterocycles. The second kappa shape index (κ2) is 8.27. The number of carbonyl (C=O) groups excluding carboxylic acids is 2. The highest BCUT2D eigenvalue weighted by Gasteiger charge is 2.47. The van der Waals surface area contributed by atoms with E-state index in [1.165, 1.54) is 0 Å². The summed E-state index contributed by atoms with van der Waals surface area (Å²) in [6.07, 6.45) is -2.99. The number of likely N-dealkylation sites (tertiary alicyclic amines) is 1. The number of ketones is 1. The number of Topliss-reactive ketones (excluding diaryl/α,β-unsaturated/α-hetero) is 1. The Morgan fingerprint density at radius 2 is 1.80 bits per heavy atom. The SMILES string of the molecule is CC.CCC(C)C(=O)N1CCCCC1C(=O)C(F)(F)F. The first kappa shape index (κ1) is 18.9. The van der Waals surface area contributed by atoms with Crippen molar-refractivity contribution in [1.82, 2.24) is 4.90 Å². The van der Waals surface area contributed by atoms with E-state index in [4.69, 9.17) is 0 Å². The van der Waals surface area contributed by atoms with E-state index in [-0.39, 0.29) is 24.8 Å². The van der Waals surface area contributed by atoms with Gasteiger partial charge in [0.1, 0.15) is 0 Å². The molecule has 3 nitrogen and oxygen atoms in total. The molecule has 2 unspecified atom stereocenters. The average molecular weight is 295 g/mol. The number of amides is 1. The van der Waals surface area contributed by atoms with E-state index in [9.17, 15) is 22.8 Å². The molecule has 0 radical (unpaired) electrons. The largest absolute Gasteiger partial charge is 0.452 e. The zero-order valence-corrected chi connectivity index (χ0v) is 12.6. The van der Waals surface area contributed by atoms with Gasteiger partial charge in [0.2, 0.25) is 5.91 Å². The molecule has 1 aliphatic rings. The van der Waals surface area contributed by atoms with E-state index in [2.05, 4.69) is 0 Å². The lowest BCUT2D eigenvalue weighted by Gasteiger charge is -2.36. The van der Waals surface area contributed by atoms with Crippen LogP contribution in [0.5, 0.6) is 0 Å². The van der Waals surface area contributed by atoms with E-state index in [1.54, 1.807) is 13.8 Å². The Morgan fingerprint density at radius 3 is 2.25 bits per heavy atom. The monoisotopic (exact) mass is 295 g/mol. The molecule has 0 aromatic heterocycles. The molecule has 0 aromatic rings. The Balaban J connectivity index is 0.00000172. The van der Waals surface area contributed by atoms with Crippen molar-refractivity contribution in [2.75, 3.05) is 6.54 Å². The fourth-order valence-electron chi connectivity index (χ4n) is 2.11. The third-order valence-electron chi connectivity index (χ3n) is 3.40. The summed E-state index contributed by atoms with van der Waals surface area (Å²) in [5.41, 5.74) is 0. The second-order valence-electron chi connectivity index (χ2n) is 4.71. The zero-order chi connectivity index (χ0) is 15.9. The normalized spacial score (nSPS) is 20.8. The van der Waals surface area contributed by atoms with Crippen LogP contribution >= 0.6 is 0 Å². The van der Waals surface area contributed by atoms with Crippen molar-refractivity contribution in [3.05, 3.63) is 0 Å². The summed E-state index contributed by atoms with van der Waals surface area (Å²) in [4.78, 5) is 24.4. The molecule has 118 valence electrons. The van der Waals surface area contributed by atoms with Gasteiger partial charge < -0.3 is 4.90 Å². The van der Waals surface area contributed by atoms with Crippen LogP contribution in [0.25, 0.3) is 0 Å². The van der Waals surface area contributed by atoms with Crippen LogP contribution in [0.3, 0.4) is 0 Å². The van der Waals surface area contributed by atoms with Crippen molar-refractivity contribution in [3.63, 3.8) is 0 Å². The average Bonchev–Trinajstić information content (AvgIpc) is 2.46. The second-order valence-corrected chi connectivity index (χ2v) is 4.71. The van der Waals surface area contributed by atoms with Gasteiger partial charge in [-0.25, -0.2) is 0 Å². The Hall–Kier alpha value is -1.07. The van der Waals surface area contributed by atoms with Crippen LogP contribution in [0.4, 0.5) is 13.2 Å². The number of piperidine rings is 1. The van der Waals surface area contributed by atoms with E-state index in [0.717, 1.165) is 4.90 Å². The molecule has 1 aliphatic heterocycles. The molecular weight excluding hydrogens is 271 g/mol. The number of rotatable bonds is 3. The summed E-state index contributed by atoms with van der Waals surface area (Å²) < 4.78 is 37.4. The smallest absolute Gasteiger partial charge is 0.332 e. The lowest BCUT2D eigenvalue weighted by molar-refractivity contribution is -0.179. The summed E-state index contributed by atoms with van der Waals surface area (Å²) in [5, 5.41) is 0. The quantitative estimate of drug-likeness (QED) is 0.798. The summed E-state index contributed by atoms with van der Waals surface area (Å²) in [5.74, 6) is -2.48. The third-order valence-corrected chi connectivity index (χ3v) is 3.40. The van der Waals surface area contributed by atoms with Crippen LogP contribution in [-0.2, 0) is 9.59 Å². The number of nitrogens with zero attached hydrogens (tertiary/aromatic N) is 1. The van der Waals surface area contributed by atoms with Crippen LogP contribution in [0.1, 0.15) is 53.4 Å². The summed E-state index contributed by atoms with van der Waals surface area (Å²) in [6.45, 7) is 7.72. The summed E-state index contributed by atoms with van der Waals surface area (Å²) >= 11 is 0. The van der Waals surface area contributed by atoms with Crippen molar-refractivity contribution >= 4 is 11.7 Å². The molecule has 2 atom stereocenters. The van der Waals surface area contributed by atoms with Gasteiger partial charge in [-0.3, -0.25) is 9.59 Å². The molecule has 6 heteroatoms. The zero-order valence-electron chi connectivity index (χ0n) is 12.6. The maximum absolute atomic E-state index is 12.5. The highest BCUT2D eigenvalue weighted by Crippen LogP contribution is 2.27. The molecule has 1 amide bonds. The molecule has 1 fully saturated rings. The Labute approximate surface area is 118 Å². The maximum Gasteiger partial charge on any atom is 0.452 e. The van der Waals surface area contributed by atoms with Crippen molar-refractivity contribution < 1.29 is 22.8 Å². The van der Waals surface area contributed by atoms with Gasteiger partial charge in [-0.05, 0) is 25.7 Å². The van der Waals surface area contributed by atoms with Gasteiger partial charge in [0.15, 0.2) is 0 Å². The van der Waals surface area contributed by atoms with Gasteiger partial charge >= 0.3 is 6.18 Å². The standard InChI is InChI=1S/C12H18F3NO2.C2H6/c1-3-8(2)11(18)16-7-5-4-6-9(16)10(17)12(13,14)15;1-2/h8-9H,3-7H2,1-2H3;1-2H3. The lowest BCUT2D eigenvalue weighted by Crippen LogP contribution is -2.53. The molecule has 0 bridgehead atoms. The number of halogens is 3. The minimum Gasteiger partial charge on any atom is -0.332 e. The van der Waals surface area contributed by atoms with Crippen LogP contribution in [0.2, 0.25) is 0 Å². The molecule has 0 spiro atoms. The number of hydrogen-bond acceptors (Lipinski definition) is 2. The maximum atomic E-state index is 12.5. The molecule has 1 saturated heterocycles. The minimum absolute atomic E-state index is 0.112. The highest BCUT2D eigenvalue weighted by molar-refractivity contribution is 5.93. The van der Waals surface area contributed by atoms with Crippen LogP contribution in [0.15, 0.2) is 0 Å².